The number of anilines is 1. The molecule has 0 unspecified atom stereocenters. The molecule has 1 amide bonds. The molecule has 0 atom stereocenters. The van der Waals surface area contributed by atoms with E-state index in [9.17, 15) is 4.79 Å². The molecule has 4 rings (SSSR count). The van der Waals surface area contributed by atoms with Gasteiger partial charge in [0.25, 0.3) is 0 Å². The maximum absolute atomic E-state index is 12.1. The molecule has 2 aromatic heterocycles. The molecule has 1 aromatic carbocycles. The average Bonchev–Trinajstić information content (AvgIpc) is 3.22. The van der Waals surface area contributed by atoms with Crippen molar-refractivity contribution in [3.05, 3.63) is 41.1 Å². The van der Waals surface area contributed by atoms with Crippen LogP contribution in [0.2, 0.25) is 0 Å². The Balaban J connectivity index is 1.70. The van der Waals surface area contributed by atoms with Gasteiger partial charge in [-0.15, -0.1) is 0 Å². The van der Waals surface area contributed by atoms with Crippen molar-refractivity contribution in [3.63, 3.8) is 0 Å². The number of para-hydroxylation sites is 1. The Hall–Kier alpha value is -2.47. The number of nitrogens with zero attached hydrogens (tertiary/aromatic N) is 3. The number of carbonyl (C=O) groups excluding carboxylic acids is 1. The zero-order valence-corrected chi connectivity index (χ0v) is 14.2. The highest BCUT2D eigenvalue weighted by Gasteiger charge is 2.24. The van der Waals surface area contributed by atoms with E-state index in [-0.39, 0.29) is 5.91 Å². The van der Waals surface area contributed by atoms with Crippen molar-refractivity contribution in [3.8, 4) is 11.4 Å². The summed E-state index contributed by atoms with van der Waals surface area (Å²) in [6.45, 7) is 0.292. The summed E-state index contributed by atoms with van der Waals surface area (Å²) in [5.74, 6) is 1.52. The fourth-order valence-corrected chi connectivity index (χ4v) is 3.30. The van der Waals surface area contributed by atoms with Gasteiger partial charge in [0.15, 0.2) is 5.82 Å². The number of thiophene rings is 1. The summed E-state index contributed by atoms with van der Waals surface area (Å²) in [5.41, 5.74) is 1.89. The molecule has 5 nitrogen and oxygen atoms in total. The van der Waals surface area contributed by atoms with E-state index in [1.807, 2.05) is 53.0 Å². The Labute approximate surface area is 144 Å². The molecule has 1 fully saturated rings. The number of amides is 1. The molecule has 24 heavy (non-hydrogen) atoms. The van der Waals surface area contributed by atoms with E-state index in [0.717, 1.165) is 35.1 Å². The monoisotopic (exact) mass is 338 g/mol. The van der Waals surface area contributed by atoms with Crippen molar-refractivity contribution in [2.75, 3.05) is 18.5 Å². The minimum atomic E-state index is 0.0415. The minimum Gasteiger partial charge on any atom is -0.352 e. The molecule has 2 heterocycles. The van der Waals surface area contributed by atoms with E-state index in [1.165, 1.54) is 0 Å². The lowest BCUT2D eigenvalue weighted by atomic mass is 10.2. The first-order chi connectivity index (χ1) is 11.7. The third-order valence-electron chi connectivity index (χ3n) is 4.05. The first-order valence-corrected chi connectivity index (χ1v) is 8.95. The molecule has 1 aliphatic rings. The van der Waals surface area contributed by atoms with Crippen LogP contribution in [-0.2, 0) is 4.79 Å². The fourth-order valence-electron chi connectivity index (χ4n) is 2.66. The number of likely N-dealkylation sites (N-methyl/N-ethyl adjacent to an activating group) is 1. The number of aromatic nitrogens is 2. The van der Waals surface area contributed by atoms with Crippen LogP contribution in [0.3, 0.4) is 0 Å². The quantitative estimate of drug-likeness (QED) is 0.777. The normalized spacial score (nSPS) is 13.9. The maximum atomic E-state index is 12.1. The second-order valence-corrected chi connectivity index (χ2v) is 6.88. The van der Waals surface area contributed by atoms with Gasteiger partial charge >= 0.3 is 0 Å². The van der Waals surface area contributed by atoms with Gasteiger partial charge in [0, 0.05) is 29.4 Å². The van der Waals surface area contributed by atoms with E-state index < -0.39 is 0 Å². The van der Waals surface area contributed by atoms with Gasteiger partial charge in [-0.05, 0) is 36.4 Å². The predicted molar refractivity (Wildman–Crippen MR) is 97.3 cm³/mol. The van der Waals surface area contributed by atoms with Gasteiger partial charge in [0.2, 0.25) is 5.91 Å². The van der Waals surface area contributed by atoms with Crippen molar-refractivity contribution in [1.82, 2.24) is 15.3 Å². The van der Waals surface area contributed by atoms with Gasteiger partial charge in [-0.25, -0.2) is 9.97 Å². The topological polar surface area (TPSA) is 58.1 Å². The van der Waals surface area contributed by atoms with Crippen molar-refractivity contribution in [1.29, 1.82) is 0 Å². The van der Waals surface area contributed by atoms with E-state index >= 15 is 0 Å². The molecule has 0 radical (unpaired) electrons. The van der Waals surface area contributed by atoms with Crippen molar-refractivity contribution in [2.24, 2.45) is 0 Å². The van der Waals surface area contributed by atoms with Crippen LogP contribution in [0.15, 0.2) is 41.1 Å². The number of fused-ring (bicyclic) bond motifs is 1. The minimum absolute atomic E-state index is 0.0415. The van der Waals surface area contributed by atoms with Gasteiger partial charge < -0.3 is 10.2 Å². The number of hydrogen-bond donors (Lipinski definition) is 1. The summed E-state index contributed by atoms with van der Waals surface area (Å²) in [6.07, 6.45) is 2.18. The average molecular weight is 338 g/mol. The van der Waals surface area contributed by atoms with E-state index in [1.54, 1.807) is 11.3 Å². The summed E-state index contributed by atoms with van der Waals surface area (Å²) in [4.78, 5) is 23.4. The van der Waals surface area contributed by atoms with Gasteiger partial charge in [-0.2, -0.15) is 11.3 Å². The van der Waals surface area contributed by atoms with Crippen LogP contribution >= 0.6 is 11.3 Å². The summed E-state index contributed by atoms with van der Waals surface area (Å²) < 4.78 is 0. The third-order valence-corrected chi connectivity index (χ3v) is 4.73. The second kappa shape index (κ2) is 6.20. The van der Waals surface area contributed by atoms with Crippen LogP contribution in [0, 0.1) is 0 Å². The summed E-state index contributed by atoms with van der Waals surface area (Å²) in [5, 5.41) is 8.03. The highest BCUT2D eigenvalue weighted by molar-refractivity contribution is 7.08. The molecule has 122 valence electrons. The Bertz CT molecular complexity index is 874. The van der Waals surface area contributed by atoms with Crippen LogP contribution in [0.5, 0.6) is 0 Å². The van der Waals surface area contributed by atoms with Crippen molar-refractivity contribution >= 4 is 34.0 Å². The van der Waals surface area contributed by atoms with Crippen LogP contribution in [-0.4, -0.2) is 35.5 Å². The Morgan fingerprint density at radius 1 is 1.29 bits per heavy atom. The number of benzene rings is 1. The first kappa shape index (κ1) is 15.1. The standard InChI is InChI=1S/C18H18N4OS/c1-22(10-16(23)19-13-6-7-13)18-14-4-2-3-5-15(14)20-17(21-18)12-8-9-24-11-12/h2-5,8-9,11,13H,6-7,10H2,1H3,(H,19,23). The lowest BCUT2D eigenvalue weighted by molar-refractivity contribution is -0.119. The second-order valence-electron chi connectivity index (χ2n) is 6.10. The molecule has 6 heteroatoms. The van der Waals surface area contributed by atoms with Crippen molar-refractivity contribution in [2.45, 2.75) is 18.9 Å². The van der Waals surface area contributed by atoms with Gasteiger partial charge in [-0.1, -0.05) is 12.1 Å². The Kier molecular flexibility index (Phi) is 3.90. The van der Waals surface area contributed by atoms with Gasteiger partial charge in [-0.3, -0.25) is 4.79 Å². The molecular formula is C18H18N4OS. The third kappa shape index (κ3) is 3.10. The molecule has 1 saturated carbocycles. The fraction of sp³-hybridized carbons (Fsp3) is 0.278. The lowest BCUT2D eigenvalue weighted by Crippen LogP contribution is -2.36. The molecule has 1 N–H and O–H groups in total. The lowest BCUT2D eigenvalue weighted by Gasteiger charge is -2.20. The van der Waals surface area contributed by atoms with Crippen LogP contribution < -0.4 is 10.2 Å². The highest BCUT2D eigenvalue weighted by Crippen LogP contribution is 2.28. The summed E-state index contributed by atoms with van der Waals surface area (Å²) >= 11 is 1.62. The zero-order valence-electron chi connectivity index (χ0n) is 13.4. The Morgan fingerprint density at radius 3 is 2.88 bits per heavy atom. The first-order valence-electron chi connectivity index (χ1n) is 8.00. The van der Waals surface area contributed by atoms with E-state index in [4.69, 9.17) is 4.98 Å². The molecule has 1 aliphatic carbocycles. The SMILES string of the molecule is CN(CC(=O)NC1CC1)c1nc(-c2ccsc2)nc2ccccc12. The van der Waals surface area contributed by atoms with Crippen LogP contribution in [0.4, 0.5) is 5.82 Å². The number of rotatable bonds is 5. The molecule has 0 spiro atoms. The highest BCUT2D eigenvalue weighted by atomic mass is 32.1. The van der Waals surface area contributed by atoms with Crippen LogP contribution in [0.25, 0.3) is 22.3 Å². The Morgan fingerprint density at radius 2 is 2.12 bits per heavy atom. The van der Waals surface area contributed by atoms with Gasteiger partial charge in [0.1, 0.15) is 5.82 Å². The van der Waals surface area contributed by atoms with Gasteiger partial charge in [0.05, 0.1) is 12.1 Å². The van der Waals surface area contributed by atoms with Crippen molar-refractivity contribution < 1.29 is 4.79 Å². The van der Waals surface area contributed by atoms with E-state index in [2.05, 4.69) is 10.3 Å². The maximum Gasteiger partial charge on any atom is 0.239 e. The summed E-state index contributed by atoms with van der Waals surface area (Å²) in [7, 11) is 1.90. The smallest absolute Gasteiger partial charge is 0.239 e. The zero-order chi connectivity index (χ0) is 16.5. The predicted octanol–water partition coefficient (Wildman–Crippen LogP) is 3.07. The number of hydrogen-bond acceptors (Lipinski definition) is 5. The molecular weight excluding hydrogens is 320 g/mol. The van der Waals surface area contributed by atoms with Crippen LogP contribution in [0.1, 0.15) is 12.8 Å². The molecule has 0 saturated heterocycles. The summed E-state index contributed by atoms with van der Waals surface area (Å²) in [6, 6.07) is 10.3. The number of carbonyl (C=O) groups is 1. The number of nitrogens with one attached hydrogen (secondary N) is 1. The molecule has 0 aliphatic heterocycles. The van der Waals surface area contributed by atoms with E-state index in [0.29, 0.717) is 18.4 Å². The largest absolute Gasteiger partial charge is 0.352 e. The molecule has 0 bridgehead atoms. The molecule has 3 aromatic rings.